The highest BCUT2D eigenvalue weighted by Gasteiger charge is 2.20. The van der Waals surface area contributed by atoms with Gasteiger partial charge in [-0.1, -0.05) is 24.9 Å². The van der Waals surface area contributed by atoms with Crippen molar-refractivity contribution in [3.63, 3.8) is 0 Å². The normalized spacial score (nSPS) is 10.7. The number of aromatic carboxylic acids is 1. The fourth-order valence-corrected chi connectivity index (χ4v) is 1.53. The molecule has 0 aliphatic carbocycles. The van der Waals surface area contributed by atoms with Crippen molar-refractivity contribution in [2.75, 3.05) is 6.61 Å². The molecule has 0 spiro atoms. The molecule has 0 aliphatic heterocycles. The molecule has 7 nitrogen and oxygen atoms in total. The Morgan fingerprint density at radius 3 is 2.80 bits per heavy atom. The van der Waals surface area contributed by atoms with E-state index in [1.54, 1.807) is 0 Å². The summed E-state index contributed by atoms with van der Waals surface area (Å²) in [5.74, 6) is -2.07. The number of hydrogen-bond acceptors (Lipinski definition) is 6. The number of pyridine rings is 1. The van der Waals surface area contributed by atoms with Crippen LogP contribution in [0, 0.1) is 0 Å². The van der Waals surface area contributed by atoms with Crippen LogP contribution in [0.1, 0.15) is 52.6 Å². The van der Waals surface area contributed by atoms with Crippen molar-refractivity contribution in [1.29, 1.82) is 0 Å². The number of carboxylic acid groups (broad SMARTS) is 1. The predicted molar refractivity (Wildman–Crippen MR) is 70.4 cm³/mol. The van der Waals surface area contributed by atoms with E-state index in [0.717, 1.165) is 25.5 Å². The van der Waals surface area contributed by atoms with Gasteiger partial charge in [0.1, 0.15) is 0 Å². The molecule has 1 heterocycles. The number of rotatable bonds is 7. The Kier molecular flexibility index (Phi) is 6.15. The number of carboxylic acids is 1. The summed E-state index contributed by atoms with van der Waals surface area (Å²) in [4.78, 5) is 26.6. The first-order chi connectivity index (χ1) is 9.60. The zero-order valence-electron chi connectivity index (χ0n) is 11.1. The second-order valence-corrected chi connectivity index (χ2v) is 4.06. The van der Waals surface area contributed by atoms with Gasteiger partial charge in [-0.15, -0.1) is 0 Å². The maximum absolute atomic E-state index is 11.8. The molecule has 1 rings (SSSR count). The number of carbonyl (C=O) groups is 2. The summed E-state index contributed by atoms with van der Waals surface area (Å²) in [5.41, 5.74) is -0.278. The summed E-state index contributed by atoms with van der Waals surface area (Å²) in [6, 6.07) is 1.19. The fraction of sp³-hybridized carbons (Fsp3) is 0.385. The monoisotopic (exact) mass is 280 g/mol. The van der Waals surface area contributed by atoms with E-state index in [1.807, 2.05) is 6.92 Å². The molecule has 1 aromatic rings. The lowest BCUT2D eigenvalue weighted by Crippen LogP contribution is -2.15. The SMILES string of the molecule is CCCCCOC(=O)c1ncc(C=NO)cc1C(=O)O. The van der Waals surface area contributed by atoms with Gasteiger partial charge in [0.25, 0.3) is 0 Å². The minimum Gasteiger partial charge on any atom is -0.478 e. The van der Waals surface area contributed by atoms with Crippen molar-refractivity contribution in [2.24, 2.45) is 5.16 Å². The van der Waals surface area contributed by atoms with Crippen LogP contribution in [0.15, 0.2) is 17.4 Å². The van der Waals surface area contributed by atoms with Crippen molar-refractivity contribution in [2.45, 2.75) is 26.2 Å². The first kappa shape index (κ1) is 15.6. The van der Waals surface area contributed by atoms with E-state index in [1.165, 1.54) is 12.3 Å². The Bertz CT molecular complexity index is 513. The zero-order valence-corrected chi connectivity index (χ0v) is 11.1. The highest BCUT2D eigenvalue weighted by molar-refractivity contribution is 6.02. The van der Waals surface area contributed by atoms with Crippen LogP contribution in [0.5, 0.6) is 0 Å². The molecule has 0 unspecified atom stereocenters. The number of oxime groups is 1. The molecule has 20 heavy (non-hydrogen) atoms. The van der Waals surface area contributed by atoms with Crippen molar-refractivity contribution >= 4 is 18.2 Å². The largest absolute Gasteiger partial charge is 0.478 e. The van der Waals surface area contributed by atoms with E-state index in [2.05, 4.69) is 10.1 Å². The predicted octanol–water partition coefficient (Wildman–Crippen LogP) is 1.93. The Labute approximate surface area is 115 Å². The van der Waals surface area contributed by atoms with Crippen LogP contribution in [-0.4, -0.2) is 40.1 Å². The first-order valence-electron chi connectivity index (χ1n) is 6.18. The molecule has 0 aromatic carbocycles. The average molecular weight is 280 g/mol. The maximum Gasteiger partial charge on any atom is 0.357 e. The standard InChI is InChI=1S/C13H16N2O5/c1-2-3-4-5-20-13(18)11-10(12(16)17)6-9(7-14-11)8-15-19/h6-8,19H,2-5H2,1H3,(H,16,17). The number of carbonyl (C=O) groups excluding carboxylic acids is 1. The molecule has 0 radical (unpaired) electrons. The van der Waals surface area contributed by atoms with Gasteiger partial charge in [-0.25, -0.2) is 14.6 Å². The highest BCUT2D eigenvalue weighted by Crippen LogP contribution is 2.10. The van der Waals surface area contributed by atoms with Gasteiger partial charge in [-0.05, 0) is 12.5 Å². The molecule has 0 bridgehead atoms. The molecule has 0 aliphatic rings. The van der Waals surface area contributed by atoms with Crippen LogP contribution in [0.3, 0.4) is 0 Å². The lowest BCUT2D eigenvalue weighted by Gasteiger charge is -2.06. The Morgan fingerprint density at radius 2 is 2.20 bits per heavy atom. The smallest absolute Gasteiger partial charge is 0.357 e. The van der Waals surface area contributed by atoms with Crippen molar-refractivity contribution in [3.05, 3.63) is 29.1 Å². The van der Waals surface area contributed by atoms with Crippen molar-refractivity contribution < 1.29 is 24.6 Å². The molecule has 2 N–H and O–H groups in total. The van der Waals surface area contributed by atoms with Gasteiger partial charge in [0.05, 0.1) is 18.4 Å². The summed E-state index contributed by atoms with van der Waals surface area (Å²) in [7, 11) is 0. The van der Waals surface area contributed by atoms with E-state index in [0.29, 0.717) is 0 Å². The van der Waals surface area contributed by atoms with Crippen molar-refractivity contribution in [3.8, 4) is 0 Å². The van der Waals surface area contributed by atoms with Gasteiger partial charge < -0.3 is 15.1 Å². The first-order valence-corrected chi connectivity index (χ1v) is 6.18. The number of nitrogens with zero attached hydrogens (tertiary/aromatic N) is 2. The molecule has 7 heteroatoms. The van der Waals surface area contributed by atoms with Crippen molar-refractivity contribution in [1.82, 2.24) is 4.98 Å². The van der Waals surface area contributed by atoms with Crippen LogP contribution in [0.4, 0.5) is 0 Å². The highest BCUT2D eigenvalue weighted by atomic mass is 16.5. The van der Waals surface area contributed by atoms with Gasteiger partial charge in [-0.2, -0.15) is 0 Å². The van der Waals surface area contributed by atoms with Crippen LogP contribution >= 0.6 is 0 Å². The van der Waals surface area contributed by atoms with Gasteiger partial charge in [-0.3, -0.25) is 0 Å². The summed E-state index contributed by atoms with van der Waals surface area (Å²) in [6.07, 6.45) is 4.90. The third kappa shape index (κ3) is 4.34. The molecule has 0 atom stereocenters. The second kappa shape index (κ2) is 7.88. The van der Waals surface area contributed by atoms with Crippen LogP contribution in [-0.2, 0) is 4.74 Å². The molecular formula is C13H16N2O5. The van der Waals surface area contributed by atoms with Gasteiger partial charge in [0.15, 0.2) is 5.69 Å². The summed E-state index contributed by atoms with van der Waals surface area (Å²) < 4.78 is 4.97. The molecule has 0 saturated heterocycles. The molecule has 0 fully saturated rings. The Morgan fingerprint density at radius 1 is 1.45 bits per heavy atom. The van der Waals surface area contributed by atoms with E-state index in [4.69, 9.17) is 15.1 Å². The topological polar surface area (TPSA) is 109 Å². The zero-order chi connectivity index (χ0) is 15.0. The quantitative estimate of drug-likeness (QED) is 0.260. The minimum absolute atomic E-state index is 0.229. The van der Waals surface area contributed by atoms with Gasteiger partial charge in [0, 0.05) is 11.8 Å². The molecule has 1 aromatic heterocycles. The molecule has 0 saturated carbocycles. The number of ether oxygens (including phenoxy) is 1. The van der Waals surface area contributed by atoms with E-state index in [-0.39, 0.29) is 23.4 Å². The Hall–Kier alpha value is -2.44. The number of aromatic nitrogens is 1. The minimum atomic E-state index is -1.30. The molecule has 108 valence electrons. The summed E-state index contributed by atoms with van der Waals surface area (Å²) in [5, 5.41) is 20.2. The number of hydrogen-bond donors (Lipinski definition) is 2. The second-order valence-electron chi connectivity index (χ2n) is 4.06. The molecular weight excluding hydrogens is 264 g/mol. The van der Waals surface area contributed by atoms with E-state index < -0.39 is 11.9 Å². The summed E-state index contributed by atoms with van der Waals surface area (Å²) >= 11 is 0. The maximum atomic E-state index is 11.8. The lowest BCUT2D eigenvalue weighted by molar-refractivity contribution is 0.0480. The van der Waals surface area contributed by atoms with Crippen LogP contribution < -0.4 is 0 Å². The Balaban J connectivity index is 2.87. The van der Waals surface area contributed by atoms with Gasteiger partial charge >= 0.3 is 11.9 Å². The molecule has 0 amide bonds. The third-order valence-corrected chi connectivity index (χ3v) is 2.52. The van der Waals surface area contributed by atoms with Crippen LogP contribution in [0.2, 0.25) is 0 Å². The summed E-state index contributed by atoms with van der Waals surface area (Å²) in [6.45, 7) is 2.25. The van der Waals surface area contributed by atoms with Crippen LogP contribution in [0.25, 0.3) is 0 Å². The third-order valence-electron chi connectivity index (χ3n) is 2.52. The van der Waals surface area contributed by atoms with Gasteiger partial charge in [0.2, 0.25) is 0 Å². The average Bonchev–Trinajstić information content (AvgIpc) is 2.43. The fourth-order valence-electron chi connectivity index (χ4n) is 1.53. The number of unbranched alkanes of at least 4 members (excludes halogenated alkanes) is 2. The lowest BCUT2D eigenvalue weighted by atomic mass is 10.1. The number of esters is 1. The van der Waals surface area contributed by atoms with E-state index in [9.17, 15) is 9.59 Å². The van der Waals surface area contributed by atoms with E-state index >= 15 is 0 Å².